The zero-order valence-electron chi connectivity index (χ0n) is 11.8. The van der Waals surface area contributed by atoms with Gasteiger partial charge in [0.05, 0.1) is 4.90 Å². The van der Waals surface area contributed by atoms with Crippen molar-refractivity contribution < 1.29 is 17.9 Å². The van der Waals surface area contributed by atoms with Gasteiger partial charge in [-0.15, -0.1) is 0 Å². The second-order valence-electron chi connectivity index (χ2n) is 4.72. The number of anilines is 2. The highest BCUT2D eigenvalue weighted by Gasteiger charge is 2.13. The molecule has 0 aliphatic carbocycles. The van der Waals surface area contributed by atoms with Crippen LogP contribution in [-0.2, 0) is 10.0 Å². The van der Waals surface area contributed by atoms with E-state index in [9.17, 15) is 8.42 Å². The lowest BCUT2D eigenvalue weighted by atomic mass is 10.3. The molecule has 2 aromatic rings. The first-order chi connectivity index (χ1) is 10.9. The van der Waals surface area contributed by atoms with Crippen LogP contribution in [0.15, 0.2) is 47.4 Å². The van der Waals surface area contributed by atoms with Gasteiger partial charge in [-0.2, -0.15) is 0 Å². The Bertz CT molecular complexity index is 851. The Kier molecular flexibility index (Phi) is 4.07. The molecule has 1 heterocycles. The van der Waals surface area contributed by atoms with Crippen molar-refractivity contribution in [2.24, 2.45) is 5.14 Å². The minimum Gasteiger partial charge on any atom is -0.454 e. The maximum Gasteiger partial charge on any atom is 0.238 e. The molecule has 0 saturated carbocycles. The summed E-state index contributed by atoms with van der Waals surface area (Å²) >= 11 is 5.22. The van der Waals surface area contributed by atoms with E-state index in [1.165, 1.54) is 12.1 Å². The molecule has 0 amide bonds. The van der Waals surface area contributed by atoms with Crippen molar-refractivity contribution in [1.29, 1.82) is 0 Å². The Hall–Kier alpha value is -2.36. The number of primary sulfonamides is 1. The fourth-order valence-corrected chi connectivity index (χ4v) is 2.75. The van der Waals surface area contributed by atoms with Crippen LogP contribution < -0.4 is 25.2 Å². The third-order valence-corrected chi connectivity index (χ3v) is 4.20. The average molecular weight is 351 g/mol. The minimum absolute atomic E-state index is 0.0395. The van der Waals surface area contributed by atoms with Crippen molar-refractivity contribution in [3.8, 4) is 11.5 Å². The van der Waals surface area contributed by atoms with Crippen LogP contribution in [-0.4, -0.2) is 20.3 Å². The number of ether oxygens (including phenoxy) is 2. The van der Waals surface area contributed by atoms with Gasteiger partial charge in [0.2, 0.25) is 16.8 Å². The maximum atomic E-state index is 11.2. The Morgan fingerprint density at radius 1 is 1.00 bits per heavy atom. The largest absolute Gasteiger partial charge is 0.454 e. The van der Waals surface area contributed by atoms with Gasteiger partial charge in [-0.05, 0) is 48.6 Å². The molecule has 1 aliphatic rings. The van der Waals surface area contributed by atoms with Crippen molar-refractivity contribution >= 4 is 38.7 Å². The van der Waals surface area contributed by atoms with Crippen LogP contribution in [0, 0.1) is 0 Å². The van der Waals surface area contributed by atoms with E-state index in [4.69, 9.17) is 26.8 Å². The van der Waals surface area contributed by atoms with Crippen molar-refractivity contribution in [2.45, 2.75) is 4.90 Å². The van der Waals surface area contributed by atoms with Crippen molar-refractivity contribution in [3.63, 3.8) is 0 Å². The summed E-state index contributed by atoms with van der Waals surface area (Å²) < 4.78 is 32.9. The predicted octanol–water partition coefficient (Wildman–Crippen LogP) is 1.87. The maximum absolute atomic E-state index is 11.2. The van der Waals surface area contributed by atoms with Gasteiger partial charge in [-0.3, -0.25) is 0 Å². The average Bonchev–Trinajstić information content (AvgIpc) is 2.94. The van der Waals surface area contributed by atoms with Crippen LogP contribution in [0.1, 0.15) is 0 Å². The molecule has 9 heteroatoms. The Morgan fingerprint density at radius 2 is 1.61 bits per heavy atom. The minimum atomic E-state index is -3.70. The van der Waals surface area contributed by atoms with Crippen LogP contribution in [0.5, 0.6) is 11.5 Å². The molecule has 0 bridgehead atoms. The summed E-state index contributed by atoms with van der Waals surface area (Å²) in [5.74, 6) is 1.34. The molecule has 2 aromatic carbocycles. The van der Waals surface area contributed by atoms with Crippen LogP contribution >= 0.6 is 12.2 Å². The van der Waals surface area contributed by atoms with Crippen LogP contribution in [0.25, 0.3) is 0 Å². The second kappa shape index (κ2) is 6.03. The van der Waals surface area contributed by atoms with Gasteiger partial charge < -0.3 is 20.1 Å². The highest BCUT2D eigenvalue weighted by molar-refractivity contribution is 7.89. The van der Waals surface area contributed by atoms with Gasteiger partial charge in [0.1, 0.15) is 0 Å². The van der Waals surface area contributed by atoms with Gasteiger partial charge in [-0.25, -0.2) is 13.6 Å². The van der Waals surface area contributed by atoms with Crippen LogP contribution in [0.3, 0.4) is 0 Å². The molecular weight excluding hydrogens is 338 g/mol. The van der Waals surface area contributed by atoms with E-state index in [2.05, 4.69) is 10.6 Å². The van der Waals surface area contributed by atoms with Gasteiger partial charge >= 0.3 is 0 Å². The van der Waals surface area contributed by atoms with Crippen molar-refractivity contribution in [1.82, 2.24) is 0 Å². The molecular formula is C14H13N3O4S2. The molecule has 0 unspecified atom stereocenters. The first-order valence-corrected chi connectivity index (χ1v) is 8.48. The molecule has 3 rings (SSSR count). The Morgan fingerprint density at radius 3 is 2.30 bits per heavy atom. The smallest absolute Gasteiger partial charge is 0.238 e. The Balaban J connectivity index is 1.65. The normalized spacial score (nSPS) is 12.7. The molecule has 0 atom stereocenters. The lowest BCUT2D eigenvalue weighted by molar-refractivity contribution is 0.174. The van der Waals surface area contributed by atoms with E-state index in [-0.39, 0.29) is 11.7 Å². The Labute approximate surface area is 138 Å². The zero-order valence-corrected chi connectivity index (χ0v) is 13.4. The van der Waals surface area contributed by atoms with Gasteiger partial charge in [-0.1, -0.05) is 0 Å². The van der Waals surface area contributed by atoms with Gasteiger partial charge in [0.25, 0.3) is 0 Å². The molecule has 23 heavy (non-hydrogen) atoms. The van der Waals surface area contributed by atoms with E-state index < -0.39 is 10.0 Å². The molecule has 4 N–H and O–H groups in total. The lowest BCUT2D eigenvalue weighted by Crippen LogP contribution is -2.19. The third kappa shape index (κ3) is 3.70. The highest BCUT2D eigenvalue weighted by Crippen LogP contribution is 2.34. The summed E-state index contributed by atoms with van der Waals surface area (Å²) in [6, 6.07) is 11.3. The number of fused-ring (bicyclic) bond motifs is 1. The number of nitrogens with two attached hydrogens (primary N) is 1. The summed E-state index contributed by atoms with van der Waals surface area (Å²) in [5.41, 5.74) is 1.38. The summed E-state index contributed by atoms with van der Waals surface area (Å²) in [7, 11) is -3.70. The van der Waals surface area contributed by atoms with E-state index in [1.54, 1.807) is 24.3 Å². The fourth-order valence-electron chi connectivity index (χ4n) is 2.00. The number of hydrogen-bond donors (Lipinski definition) is 3. The van der Waals surface area contributed by atoms with E-state index >= 15 is 0 Å². The number of sulfonamides is 1. The molecule has 0 aromatic heterocycles. The number of rotatable bonds is 3. The highest BCUT2D eigenvalue weighted by atomic mass is 32.2. The van der Waals surface area contributed by atoms with Crippen molar-refractivity contribution in [2.75, 3.05) is 17.4 Å². The number of benzene rings is 2. The molecule has 0 saturated heterocycles. The zero-order chi connectivity index (χ0) is 16.4. The first kappa shape index (κ1) is 15.5. The molecule has 0 radical (unpaired) electrons. The molecule has 1 aliphatic heterocycles. The predicted molar refractivity (Wildman–Crippen MR) is 90.2 cm³/mol. The van der Waals surface area contributed by atoms with E-state index in [0.29, 0.717) is 22.3 Å². The summed E-state index contributed by atoms with van der Waals surface area (Å²) in [4.78, 5) is 0.0395. The quantitative estimate of drug-likeness (QED) is 0.725. The first-order valence-electron chi connectivity index (χ1n) is 6.52. The number of hydrogen-bond acceptors (Lipinski definition) is 5. The second-order valence-corrected chi connectivity index (χ2v) is 6.69. The SMILES string of the molecule is NS(=O)(=O)c1ccc(NC(=S)Nc2ccc3c(c2)OCO3)cc1. The standard InChI is InChI=1S/C14H13N3O4S2/c15-23(18,19)11-4-1-9(2-5-11)16-14(22)17-10-3-6-12-13(7-10)21-8-20-12/h1-7H,8H2,(H2,15,18,19)(H2,16,17,22). The number of thiocarbonyl (C=S) groups is 1. The number of nitrogens with one attached hydrogen (secondary N) is 2. The molecule has 0 fully saturated rings. The third-order valence-electron chi connectivity index (χ3n) is 3.07. The van der Waals surface area contributed by atoms with Crippen LogP contribution in [0.4, 0.5) is 11.4 Å². The van der Waals surface area contributed by atoms with Gasteiger partial charge in [0, 0.05) is 17.4 Å². The lowest BCUT2D eigenvalue weighted by Gasteiger charge is -2.11. The summed E-state index contributed by atoms with van der Waals surface area (Å²) in [6.45, 7) is 0.206. The molecule has 120 valence electrons. The van der Waals surface area contributed by atoms with Crippen molar-refractivity contribution in [3.05, 3.63) is 42.5 Å². The monoisotopic (exact) mass is 351 g/mol. The topological polar surface area (TPSA) is 103 Å². The molecule has 0 spiro atoms. The fraction of sp³-hybridized carbons (Fsp3) is 0.0714. The van der Waals surface area contributed by atoms with E-state index in [1.807, 2.05) is 6.07 Å². The summed E-state index contributed by atoms with van der Waals surface area (Å²) in [5, 5.41) is 11.4. The van der Waals surface area contributed by atoms with Gasteiger partial charge in [0.15, 0.2) is 16.6 Å². The van der Waals surface area contributed by atoms with E-state index in [0.717, 1.165) is 5.69 Å². The summed E-state index contributed by atoms with van der Waals surface area (Å²) in [6.07, 6.45) is 0. The van der Waals surface area contributed by atoms with Crippen LogP contribution in [0.2, 0.25) is 0 Å². The molecule has 7 nitrogen and oxygen atoms in total.